The van der Waals surface area contributed by atoms with Gasteiger partial charge in [-0.3, -0.25) is 0 Å². The monoisotopic (exact) mass is 339 g/mol. The van der Waals surface area contributed by atoms with E-state index in [0.29, 0.717) is 6.61 Å². The van der Waals surface area contributed by atoms with Crippen molar-refractivity contribution < 1.29 is 4.74 Å². The molecule has 0 aliphatic carbocycles. The first-order valence-corrected chi connectivity index (χ1v) is 7.94. The Balaban J connectivity index is 1.59. The molecule has 102 valence electrons. The third-order valence-corrected chi connectivity index (χ3v) is 4.51. The minimum atomic E-state index is 0.654. The van der Waals surface area contributed by atoms with Gasteiger partial charge >= 0.3 is 0 Å². The van der Waals surface area contributed by atoms with E-state index in [2.05, 4.69) is 46.4 Å². The van der Waals surface area contributed by atoms with Crippen LogP contribution in [-0.4, -0.2) is 13.2 Å². The van der Waals surface area contributed by atoms with Crippen LogP contribution in [-0.2, 0) is 17.9 Å². The van der Waals surface area contributed by atoms with Crippen LogP contribution in [0, 0.1) is 6.92 Å². The zero-order valence-electron chi connectivity index (χ0n) is 11.0. The Morgan fingerprint density at radius 2 is 2.05 bits per heavy atom. The van der Waals surface area contributed by atoms with Gasteiger partial charge in [-0.1, -0.05) is 34.1 Å². The van der Waals surface area contributed by atoms with E-state index in [9.17, 15) is 0 Å². The highest BCUT2D eigenvalue weighted by Gasteiger charge is 1.99. The smallest absolute Gasteiger partial charge is 0.0728 e. The van der Waals surface area contributed by atoms with Gasteiger partial charge in [0.25, 0.3) is 0 Å². The van der Waals surface area contributed by atoms with Gasteiger partial charge in [0.2, 0.25) is 0 Å². The molecule has 1 aromatic heterocycles. The van der Waals surface area contributed by atoms with Crippen LogP contribution < -0.4 is 5.32 Å². The Morgan fingerprint density at radius 1 is 1.21 bits per heavy atom. The summed E-state index contributed by atoms with van der Waals surface area (Å²) >= 11 is 5.36. The molecule has 4 heteroatoms. The average Bonchev–Trinajstić information content (AvgIpc) is 2.81. The molecule has 1 heterocycles. The highest BCUT2D eigenvalue weighted by molar-refractivity contribution is 9.10. The summed E-state index contributed by atoms with van der Waals surface area (Å²) in [5.41, 5.74) is 1.19. The maximum Gasteiger partial charge on any atom is 0.0728 e. The SMILES string of the molecule is Cc1ccc(CNCCOCc2ccccc2Br)s1. The number of aryl methyl sites for hydroxylation is 1. The van der Waals surface area contributed by atoms with Crippen LogP contribution in [0.25, 0.3) is 0 Å². The molecule has 0 saturated carbocycles. The summed E-state index contributed by atoms with van der Waals surface area (Å²) in [7, 11) is 0. The van der Waals surface area contributed by atoms with Crippen molar-refractivity contribution in [3.63, 3.8) is 0 Å². The van der Waals surface area contributed by atoms with Gasteiger partial charge in [-0.2, -0.15) is 0 Å². The standard InChI is InChI=1S/C15H18BrNOS/c1-12-6-7-14(19-12)10-17-8-9-18-11-13-4-2-3-5-15(13)16/h2-7,17H,8-11H2,1H3. The summed E-state index contributed by atoms with van der Waals surface area (Å²) < 4.78 is 6.76. The lowest BCUT2D eigenvalue weighted by Gasteiger charge is -2.07. The van der Waals surface area contributed by atoms with E-state index in [-0.39, 0.29) is 0 Å². The minimum absolute atomic E-state index is 0.654. The quantitative estimate of drug-likeness (QED) is 0.766. The molecule has 0 atom stereocenters. The highest BCUT2D eigenvalue weighted by Crippen LogP contribution is 2.16. The predicted molar refractivity (Wildman–Crippen MR) is 84.6 cm³/mol. The molecule has 0 bridgehead atoms. The summed E-state index contributed by atoms with van der Waals surface area (Å²) in [6, 6.07) is 12.5. The summed E-state index contributed by atoms with van der Waals surface area (Å²) in [5, 5.41) is 3.39. The second-order valence-electron chi connectivity index (χ2n) is 4.33. The molecular formula is C15H18BrNOS. The lowest BCUT2D eigenvalue weighted by atomic mass is 10.2. The molecule has 2 nitrogen and oxygen atoms in total. The largest absolute Gasteiger partial charge is 0.375 e. The van der Waals surface area contributed by atoms with E-state index in [1.807, 2.05) is 29.5 Å². The van der Waals surface area contributed by atoms with E-state index >= 15 is 0 Å². The number of halogens is 1. The molecule has 0 unspecified atom stereocenters. The number of ether oxygens (including phenoxy) is 1. The Bertz CT molecular complexity index is 512. The molecule has 0 aliphatic rings. The van der Waals surface area contributed by atoms with Gasteiger partial charge in [0.05, 0.1) is 13.2 Å². The topological polar surface area (TPSA) is 21.3 Å². The minimum Gasteiger partial charge on any atom is -0.375 e. The Hall–Kier alpha value is -0.680. The molecule has 0 aliphatic heterocycles. The van der Waals surface area contributed by atoms with Crippen LogP contribution in [0.3, 0.4) is 0 Å². The van der Waals surface area contributed by atoms with Gasteiger partial charge in [-0.15, -0.1) is 11.3 Å². The van der Waals surface area contributed by atoms with Crippen LogP contribution in [0.15, 0.2) is 40.9 Å². The number of nitrogens with one attached hydrogen (secondary N) is 1. The summed E-state index contributed by atoms with van der Waals surface area (Å²) in [6.07, 6.45) is 0. The molecule has 0 amide bonds. The lowest BCUT2D eigenvalue weighted by molar-refractivity contribution is 0.122. The van der Waals surface area contributed by atoms with E-state index in [1.54, 1.807) is 0 Å². The van der Waals surface area contributed by atoms with E-state index in [4.69, 9.17) is 4.74 Å². The molecule has 1 aromatic carbocycles. The van der Waals surface area contributed by atoms with Gasteiger partial charge in [0.15, 0.2) is 0 Å². The summed E-state index contributed by atoms with van der Waals surface area (Å²) in [5.74, 6) is 0. The molecular weight excluding hydrogens is 322 g/mol. The predicted octanol–water partition coefficient (Wildman–Crippen LogP) is 4.13. The van der Waals surface area contributed by atoms with Crippen LogP contribution in [0.4, 0.5) is 0 Å². The van der Waals surface area contributed by atoms with Gasteiger partial charge < -0.3 is 10.1 Å². The zero-order chi connectivity index (χ0) is 13.5. The maximum atomic E-state index is 5.65. The molecule has 1 N–H and O–H groups in total. The van der Waals surface area contributed by atoms with Crippen LogP contribution in [0.2, 0.25) is 0 Å². The molecule has 19 heavy (non-hydrogen) atoms. The van der Waals surface area contributed by atoms with E-state index in [1.165, 1.54) is 15.3 Å². The van der Waals surface area contributed by atoms with Crippen molar-refractivity contribution in [1.29, 1.82) is 0 Å². The van der Waals surface area contributed by atoms with Crippen molar-refractivity contribution in [3.05, 3.63) is 56.2 Å². The first kappa shape index (κ1) is 14.7. The fraction of sp³-hybridized carbons (Fsp3) is 0.333. The molecule has 0 radical (unpaired) electrons. The average molecular weight is 340 g/mol. The number of rotatable bonds is 7. The van der Waals surface area contributed by atoms with Crippen molar-refractivity contribution in [2.45, 2.75) is 20.1 Å². The van der Waals surface area contributed by atoms with Gasteiger partial charge in [-0.25, -0.2) is 0 Å². The Kier molecular flexibility index (Phi) is 6.04. The van der Waals surface area contributed by atoms with Gasteiger partial charge in [0, 0.05) is 27.3 Å². The third kappa shape index (κ3) is 5.07. The van der Waals surface area contributed by atoms with Crippen LogP contribution >= 0.6 is 27.3 Å². The van der Waals surface area contributed by atoms with Crippen molar-refractivity contribution in [3.8, 4) is 0 Å². The van der Waals surface area contributed by atoms with Crippen LogP contribution in [0.5, 0.6) is 0 Å². The maximum absolute atomic E-state index is 5.65. The number of thiophene rings is 1. The van der Waals surface area contributed by atoms with Crippen molar-refractivity contribution in [2.75, 3.05) is 13.2 Å². The van der Waals surface area contributed by atoms with Gasteiger partial charge in [0.1, 0.15) is 0 Å². The highest BCUT2D eigenvalue weighted by atomic mass is 79.9. The summed E-state index contributed by atoms with van der Waals surface area (Å²) in [4.78, 5) is 2.74. The van der Waals surface area contributed by atoms with Crippen molar-refractivity contribution in [1.82, 2.24) is 5.32 Å². The normalized spacial score (nSPS) is 10.8. The Labute approximate surface area is 126 Å². The first-order chi connectivity index (χ1) is 9.25. The van der Waals surface area contributed by atoms with E-state index < -0.39 is 0 Å². The molecule has 0 fully saturated rings. The third-order valence-electron chi connectivity index (χ3n) is 2.73. The fourth-order valence-electron chi connectivity index (χ4n) is 1.73. The first-order valence-electron chi connectivity index (χ1n) is 6.33. The Morgan fingerprint density at radius 3 is 2.79 bits per heavy atom. The molecule has 0 spiro atoms. The van der Waals surface area contributed by atoms with Crippen molar-refractivity contribution in [2.24, 2.45) is 0 Å². The second kappa shape index (κ2) is 7.80. The number of hydrogen-bond donors (Lipinski definition) is 1. The molecule has 0 saturated heterocycles. The number of benzene rings is 1. The van der Waals surface area contributed by atoms with Crippen molar-refractivity contribution >= 4 is 27.3 Å². The summed E-state index contributed by atoms with van der Waals surface area (Å²) in [6.45, 7) is 5.32. The second-order valence-corrected chi connectivity index (χ2v) is 6.56. The van der Waals surface area contributed by atoms with Gasteiger partial charge in [-0.05, 0) is 30.7 Å². The lowest BCUT2D eigenvalue weighted by Crippen LogP contribution is -2.18. The van der Waals surface area contributed by atoms with E-state index in [0.717, 1.165) is 24.2 Å². The fourth-order valence-corrected chi connectivity index (χ4v) is 2.99. The number of hydrogen-bond acceptors (Lipinski definition) is 3. The zero-order valence-corrected chi connectivity index (χ0v) is 13.4. The molecule has 2 aromatic rings. The van der Waals surface area contributed by atoms with Crippen LogP contribution in [0.1, 0.15) is 15.3 Å². The molecule has 2 rings (SSSR count).